The van der Waals surface area contributed by atoms with Crippen LogP contribution in [0.1, 0.15) is 36.0 Å². The van der Waals surface area contributed by atoms with E-state index in [1.54, 1.807) is 30.3 Å². The Hall–Kier alpha value is -2.54. The summed E-state index contributed by atoms with van der Waals surface area (Å²) in [4.78, 5) is 12.4. The van der Waals surface area contributed by atoms with Gasteiger partial charge in [-0.3, -0.25) is 9.52 Å². The third-order valence-corrected chi connectivity index (χ3v) is 5.58. The van der Waals surface area contributed by atoms with Crippen LogP contribution in [0.2, 0.25) is 0 Å². The van der Waals surface area contributed by atoms with Gasteiger partial charge < -0.3 is 11.1 Å². The molecule has 0 heterocycles. The SMILES string of the molecule is Nc1cc(C(=O)NC2CCCC2)cc(S(=O)(=O)Nc2ccccc2)c1. The highest BCUT2D eigenvalue weighted by Gasteiger charge is 2.21. The molecule has 1 aliphatic rings. The van der Waals surface area contributed by atoms with E-state index in [9.17, 15) is 13.2 Å². The number of rotatable bonds is 5. The number of hydrogen-bond acceptors (Lipinski definition) is 4. The van der Waals surface area contributed by atoms with Gasteiger partial charge in [-0.2, -0.15) is 0 Å². The second-order valence-corrected chi connectivity index (χ2v) is 7.90. The van der Waals surface area contributed by atoms with E-state index < -0.39 is 10.0 Å². The summed E-state index contributed by atoms with van der Waals surface area (Å²) in [7, 11) is -3.83. The number of carbonyl (C=O) groups is 1. The number of sulfonamides is 1. The number of nitrogen functional groups attached to an aromatic ring is 1. The zero-order valence-electron chi connectivity index (χ0n) is 13.7. The molecule has 0 spiro atoms. The Morgan fingerprint density at radius 3 is 2.40 bits per heavy atom. The van der Waals surface area contributed by atoms with E-state index in [2.05, 4.69) is 10.0 Å². The third-order valence-electron chi connectivity index (χ3n) is 4.22. The van der Waals surface area contributed by atoms with Crippen molar-refractivity contribution in [3.05, 3.63) is 54.1 Å². The van der Waals surface area contributed by atoms with E-state index in [4.69, 9.17) is 5.73 Å². The molecule has 0 unspecified atom stereocenters. The van der Waals surface area contributed by atoms with Crippen molar-refractivity contribution in [2.24, 2.45) is 0 Å². The molecule has 1 amide bonds. The molecule has 0 radical (unpaired) electrons. The van der Waals surface area contributed by atoms with Gasteiger partial charge in [0.25, 0.3) is 15.9 Å². The Morgan fingerprint density at radius 1 is 1.04 bits per heavy atom. The van der Waals surface area contributed by atoms with Crippen LogP contribution in [0.15, 0.2) is 53.4 Å². The van der Waals surface area contributed by atoms with Crippen LogP contribution in [0, 0.1) is 0 Å². The first kappa shape index (κ1) is 17.3. The van der Waals surface area contributed by atoms with Crippen LogP contribution in [0.3, 0.4) is 0 Å². The molecule has 1 fully saturated rings. The summed E-state index contributed by atoms with van der Waals surface area (Å²) < 4.78 is 27.6. The normalized spacial score (nSPS) is 15.0. The molecule has 7 heteroatoms. The molecule has 0 aromatic heterocycles. The highest BCUT2D eigenvalue weighted by Crippen LogP contribution is 2.22. The predicted molar refractivity (Wildman–Crippen MR) is 97.8 cm³/mol. The Kier molecular flexibility index (Phi) is 4.94. The van der Waals surface area contributed by atoms with Crippen LogP contribution in [0.5, 0.6) is 0 Å². The summed E-state index contributed by atoms with van der Waals surface area (Å²) >= 11 is 0. The quantitative estimate of drug-likeness (QED) is 0.715. The lowest BCUT2D eigenvalue weighted by Gasteiger charge is -2.14. The summed E-state index contributed by atoms with van der Waals surface area (Å²) in [6.07, 6.45) is 4.11. The van der Waals surface area contributed by atoms with Crippen molar-refractivity contribution in [3.8, 4) is 0 Å². The van der Waals surface area contributed by atoms with Crippen LogP contribution in [0.4, 0.5) is 11.4 Å². The molecule has 6 nitrogen and oxygen atoms in total. The standard InChI is InChI=1S/C18H21N3O3S/c19-14-10-13(18(22)20-15-6-4-5-7-15)11-17(12-14)25(23,24)21-16-8-2-1-3-9-16/h1-3,8-12,15,21H,4-7,19H2,(H,20,22). The second kappa shape index (κ2) is 7.14. The van der Waals surface area contributed by atoms with E-state index in [0.717, 1.165) is 25.7 Å². The molecule has 1 aliphatic carbocycles. The number of para-hydroxylation sites is 1. The number of anilines is 2. The number of amides is 1. The molecule has 2 aromatic carbocycles. The maximum absolute atomic E-state index is 12.6. The molecule has 2 aromatic rings. The molecule has 0 aliphatic heterocycles. The molecule has 0 saturated heterocycles. The van der Waals surface area contributed by atoms with Gasteiger partial charge in [-0.15, -0.1) is 0 Å². The number of nitrogens with two attached hydrogens (primary N) is 1. The van der Waals surface area contributed by atoms with Gasteiger partial charge in [0.15, 0.2) is 0 Å². The summed E-state index contributed by atoms with van der Waals surface area (Å²) in [6, 6.07) is 12.9. The first-order valence-corrected chi connectivity index (χ1v) is 9.72. The van der Waals surface area contributed by atoms with Crippen LogP contribution in [0.25, 0.3) is 0 Å². The summed E-state index contributed by atoms with van der Waals surface area (Å²) in [5.74, 6) is -0.296. The summed E-state index contributed by atoms with van der Waals surface area (Å²) in [5.41, 5.74) is 6.75. The Bertz CT molecular complexity index is 860. The highest BCUT2D eigenvalue weighted by molar-refractivity contribution is 7.92. The van der Waals surface area contributed by atoms with Gasteiger partial charge in [0.1, 0.15) is 0 Å². The monoisotopic (exact) mass is 359 g/mol. The number of carbonyl (C=O) groups excluding carboxylic acids is 1. The van der Waals surface area contributed by atoms with Crippen LogP contribution < -0.4 is 15.8 Å². The molecule has 4 N–H and O–H groups in total. The molecule has 1 saturated carbocycles. The Balaban J connectivity index is 1.84. The van der Waals surface area contributed by atoms with E-state index in [-0.39, 0.29) is 28.1 Å². The van der Waals surface area contributed by atoms with E-state index in [0.29, 0.717) is 5.69 Å². The van der Waals surface area contributed by atoms with E-state index in [1.807, 2.05) is 0 Å². The molecule has 132 valence electrons. The van der Waals surface area contributed by atoms with E-state index in [1.165, 1.54) is 18.2 Å². The minimum atomic E-state index is -3.83. The average Bonchev–Trinajstić information content (AvgIpc) is 3.08. The van der Waals surface area contributed by atoms with E-state index >= 15 is 0 Å². The predicted octanol–water partition coefficient (Wildman–Crippen LogP) is 2.74. The van der Waals surface area contributed by atoms with Crippen molar-refractivity contribution in [1.29, 1.82) is 0 Å². The Morgan fingerprint density at radius 2 is 1.72 bits per heavy atom. The summed E-state index contributed by atoms with van der Waals surface area (Å²) in [6.45, 7) is 0. The van der Waals surface area contributed by atoms with Gasteiger partial charge in [-0.1, -0.05) is 31.0 Å². The summed E-state index contributed by atoms with van der Waals surface area (Å²) in [5, 5.41) is 2.94. The first-order valence-electron chi connectivity index (χ1n) is 8.23. The molecule has 3 rings (SSSR count). The number of hydrogen-bond donors (Lipinski definition) is 3. The van der Waals surface area contributed by atoms with Gasteiger partial charge in [-0.25, -0.2) is 8.42 Å². The maximum atomic E-state index is 12.6. The maximum Gasteiger partial charge on any atom is 0.261 e. The Labute approximate surface area is 147 Å². The lowest BCUT2D eigenvalue weighted by Crippen LogP contribution is -2.32. The fraction of sp³-hybridized carbons (Fsp3) is 0.278. The van der Waals surface area contributed by atoms with Crippen molar-refractivity contribution in [1.82, 2.24) is 5.32 Å². The van der Waals surface area contributed by atoms with Crippen molar-refractivity contribution in [3.63, 3.8) is 0 Å². The minimum Gasteiger partial charge on any atom is -0.399 e. The lowest BCUT2D eigenvalue weighted by molar-refractivity contribution is 0.0937. The third kappa shape index (κ3) is 4.30. The first-order chi connectivity index (χ1) is 11.9. The number of benzene rings is 2. The zero-order valence-corrected chi connectivity index (χ0v) is 14.6. The second-order valence-electron chi connectivity index (χ2n) is 6.22. The van der Waals surface area contributed by atoms with Crippen molar-refractivity contribution in [2.45, 2.75) is 36.6 Å². The fourth-order valence-electron chi connectivity index (χ4n) is 2.97. The number of nitrogens with one attached hydrogen (secondary N) is 2. The smallest absolute Gasteiger partial charge is 0.261 e. The molecular formula is C18H21N3O3S. The molecule has 0 bridgehead atoms. The van der Waals surface area contributed by atoms with Crippen molar-refractivity contribution in [2.75, 3.05) is 10.5 Å². The average molecular weight is 359 g/mol. The lowest BCUT2D eigenvalue weighted by atomic mass is 10.1. The van der Waals surface area contributed by atoms with Gasteiger partial charge in [0, 0.05) is 23.0 Å². The van der Waals surface area contributed by atoms with Gasteiger partial charge in [-0.05, 0) is 43.2 Å². The molecule has 25 heavy (non-hydrogen) atoms. The molecule has 0 atom stereocenters. The van der Waals surface area contributed by atoms with Crippen molar-refractivity contribution < 1.29 is 13.2 Å². The van der Waals surface area contributed by atoms with Crippen LogP contribution in [-0.4, -0.2) is 20.4 Å². The fourth-order valence-corrected chi connectivity index (χ4v) is 4.11. The van der Waals surface area contributed by atoms with Crippen LogP contribution >= 0.6 is 0 Å². The van der Waals surface area contributed by atoms with Gasteiger partial charge >= 0.3 is 0 Å². The van der Waals surface area contributed by atoms with Crippen molar-refractivity contribution >= 4 is 27.3 Å². The zero-order chi connectivity index (χ0) is 17.9. The minimum absolute atomic E-state index is 0.0343. The topological polar surface area (TPSA) is 101 Å². The van der Waals surface area contributed by atoms with Gasteiger partial charge in [0.05, 0.1) is 4.90 Å². The van der Waals surface area contributed by atoms with Gasteiger partial charge in [0.2, 0.25) is 0 Å². The van der Waals surface area contributed by atoms with Crippen LogP contribution in [-0.2, 0) is 10.0 Å². The molecular weight excluding hydrogens is 338 g/mol. The largest absolute Gasteiger partial charge is 0.399 e. The highest BCUT2D eigenvalue weighted by atomic mass is 32.2.